The van der Waals surface area contributed by atoms with Crippen LogP contribution in [-0.4, -0.2) is 24.7 Å². The summed E-state index contributed by atoms with van der Waals surface area (Å²) in [7, 11) is 1.74. The fraction of sp³-hybridized carbons (Fsp3) is 0.235. The van der Waals surface area contributed by atoms with Crippen LogP contribution in [0.1, 0.15) is 11.1 Å². The van der Waals surface area contributed by atoms with Crippen molar-refractivity contribution in [2.45, 2.75) is 11.8 Å². The first-order valence-electron chi connectivity index (χ1n) is 7.00. The first-order valence-corrected chi connectivity index (χ1v) is 7.38. The molecule has 0 saturated carbocycles. The minimum absolute atomic E-state index is 0. The highest BCUT2D eigenvalue weighted by molar-refractivity contribution is 6.30. The molecular formula is C17H17Cl2NO3. The average Bonchev–Trinajstić information content (AvgIpc) is 2.63. The number of carboxylic acids is 1. The van der Waals surface area contributed by atoms with Gasteiger partial charge in [0.25, 0.3) is 0 Å². The molecule has 0 saturated heterocycles. The molecule has 0 aliphatic carbocycles. The van der Waals surface area contributed by atoms with Gasteiger partial charge in [-0.2, -0.15) is 0 Å². The van der Waals surface area contributed by atoms with Crippen molar-refractivity contribution in [1.29, 1.82) is 0 Å². The van der Waals surface area contributed by atoms with Gasteiger partial charge in [0.05, 0.1) is 0 Å². The molecule has 23 heavy (non-hydrogen) atoms. The summed E-state index contributed by atoms with van der Waals surface area (Å²) in [5, 5.41) is 13.5. The van der Waals surface area contributed by atoms with Crippen LogP contribution in [0.3, 0.4) is 0 Å². The average molecular weight is 354 g/mol. The summed E-state index contributed by atoms with van der Waals surface area (Å²) in [6.45, 7) is 0.285. The van der Waals surface area contributed by atoms with Gasteiger partial charge >= 0.3 is 5.97 Å². The Morgan fingerprint density at radius 2 is 2.04 bits per heavy atom. The van der Waals surface area contributed by atoms with Gasteiger partial charge in [-0.1, -0.05) is 29.8 Å². The van der Waals surface area contributed by atoms with Crippen LogP contribution in [0.15, 0.2) is 42.5 Å². The lowest BCUT2D eigenvalue weighted by molar-refractivity contribution is -0.143. The maximum Gasteiger partial charge on any atom is 0.315 e. The Balaban J connectivity index is 0.00000192. The second-order valence-corrected chi connectivity index (χ2v) is 5.88. The summed E-state index contributed by atoms with van der Waals surface area (Å²) in [4.78, 5) is 12.2. The van der Waals surface area contributed by atoms with E-state index in [9.17, 15) is 9.90 Å². The van der Waals surface area contributed by atoms with Crippen molar-refractivity contribution in [1.82, 2.24) is 5.32 Å². The van der Waals surface area contributed by atoms with E-state index in [4.69, 9.17) is 16.3 Å². The molecule has 0 bridgehead atoms. The van der Waals surface area contributed by atoms with Gasteiger partial charge in [0.1, 0.15) is 16.9 Å². The minimum atomic E-state index is -1.12. The number of carbonyl (C=O) groups is 1. The third-order valence-corrected chi connectivity index (χ3v) is 4.26. The third kappa shape index (κ3) is 3.02. The van der Waals surface area contributed by atoms with Crippen LogP contribution >= 0.6 is 24.0 Å². The van der Waals surface area contributed by atoms with E-state index in [1.165, 1.54) is 0 Å². The van der Waals surface area contributed by atoms with Crippen LogP contribution in [0.4, 0.5) is 0 Å². The number of likely N-dealkylation sites (N-methyl/N-ethyl adjacent to an activating group) is 1. The second-order valence-electron chi connectivity index (χ2n) is 5.44. The summed E-state index contributed by atoms with van der Waals surface area (Å²) >= 11 is 6.10. The molecule has 0 amide bonds. The van der Waals surface area contributed by atoms with Crippen molar-refractivity contribution < 1.29 is 14.6 Å². The van der Waals surface area contributed by atoms with Gasteiger partial charge in [0, 0.05) is 17.1 Å². The predicted octanol–water partition coefficient (Wildman–Crippen LogP) is 3.65. The number of ether oxygens (including phenoxy) is 1. The zero-order chi connectivity index (χ0) is 15.7. The molecule has 1 heterocycles. The van der Waals surface area contributed by atoms with Gasteiger partial charge in [0.2, 0.25) is 0 Å². The Labute approximate surface area is 145 Å². The van der Waals surface area contributed by atoms with Gasteiger partial charge in [-0.05, 0) is 43.3 Å². The first-order chi connectivity index (χ1) is 10.6. The highest BCUT2D eigenvalue weighted by atomic mass is 35.5. The highest BCUT2D eigenvalue weighted by Crippen LogP contribution is 2.43. The van der Waals surface area contributed by atoms with Crippen molar-refractivity contribution in [3.05, 3.63) is 58.6 Å². The largest absolute Gasteiger partial charge is 0.481 e. The van der Waals surface area contributed by atoms with E-state index in [0.29, 0.717) is 28.5 Å². The number of nitrogens with one attached hydrogen (secondary N) is 1. The third-order valence-electron chi connectivity index (χ3n) is 4.03. The lowest BCUT2D eigenvalue weighted by Gasteiger charge is -2.29. The molecule has 4 nitrogen and oxygen atoms in total. The monoisotopic (exact) mass is 353 g/mol. The molecule has 2 N–H and O–H groups in total. The molecule has 1 atom stereocenters. The van der Waals surface area contributed by atoms with Gasteiger partial charge in [-0.3, -0.25) is 4.79 Å². The quantitative estimate of drug-likeness (QED) is 0.883. The molecule has 1 aliphatic rings. The Bertz CT molecular complexity index is 736. The van der Waals surface area contributed by atoms with Crippen LogP contribution in [-0.2, 0) is 16.6 Å². The molecule has 1 aliphatic heterocycles. The number of hydrogen-bond acceptors (Lipinski definition) is 3. The number of para-hydroxylation sites is 1. The molecule has 2 aromatic carbocycles. The first kappa shape index (κ1) is 17.6. The van der Waals surface area contributed by atoms with Gasteiger partial charge in [-0.15, -0.1) is 12.4 Å². The summed E-state index contributed by atoms with van der Waals surface area (Å²) in [6, 6.07) is 12.6. The normalized spacial score (nSPS) is 18.7. The van der Waals surface area contributed by atoms with Gasteiger partial charge in [-0.25, -0.2) is 0 Å². The van der Waals surface area contributed by atoms with Crippen molar-refractivity contribution in [2.75, 3.05) is 13.6 Å². The fourth-order valence-corrected chi connectivity index (χ4v) is 3.15. The Morgan fingerprint density at radius 3 is 2.74 bits per heavy atom. The molecule has 0 fully saturated rings. The van der Waals surface area contributed by atoms with Crippen molar-refractivity contribution in [2.24, 2.45) is 0 Å². The van der Waals surface area contributed by atoms with Gasteiger partial charge < -0.3 is 15.2 Å². The van der Waals surface area contributed by atoms with Crippen LogP contribution in [0.25, 0.3) is 0 Å². The summed E-state index contributed by atoms with van der Waals surface area (Å²) in [5.41, 5.74) is 0.340. The smallest absolute Gasteiger partial charge is 0.315 e. The SMILES string of the molecule is CNCC1(C(=O)O)Cc2ccccc2Oc2ccc(Cl)cc21.Cl. The van der Waals surface area contributed by atoms with E-state index in [-0.39, 0.29) is 19.0 Å². The number of benzene rings is 2. The minimum Gasteiger partial charge on any atom is -0.481 e. The van der Waals surface area contributed by atoms with Crippen molar-refractivity contribution in [3.8, 4) is 11.5 Å². The topological polar surface area (TPSA) is 58.6 Å². The molecule has 2 aromatic rings. The van der Waals surface area contributed by atoms with Crippen molar-refractivity contribution in [3.63, 3.8) is 0 Å². The number of rotatable bonds is 3. The molecule has 0 aromatic heterocycles. The zero-order valence-corrected chi connectivity index (χ0v) is 14.1. The zero-order valence-electron chi connectivity index (χ0n) is 12.5. The number of aliphatic carboxylic acids is 1. The maximum absolute atomic E-state index is 12.2. The molecule has 1 unspecified atom stereocenters. The summed E-state index contributed by atoms with van der Waals surface area (Å²) in [6.07, 6.45) is 0.340. The molecule has 3 rings (SSSR count). The van der Waals surface area contributed by atoms with E-state index in [1.54, 1.807) is 25.2 Å². The molecule has 6 heteroatoms. The van der Waals surface area contributed by atoms with E-state index < -0.39 is 11.4 Å². The standard InChI is InChI=1S/C17H16ClNO3.ClH/c1-19-10-17(16(20)21)9-11-4-2-3-5-14(11)22-15-7-6-12(18)8-13(15)17;/h2-8,19H,9-10H2,1H3,(H,20,21);1H. The lowest BCUT2D eigenvalue weighted by Crippen LogP contribution is -2.45. The molecule has 0 radical (unpaired) electrons. The van der Waals surface area contributed by atoms with E-state index in [2.05, 4.69) is 5.32 Å². The number of fused-ring (bicyclic) bond motifs is 2. The predicted molar refractivity (Wildman–Crippen MR) is 92.2 cm³/mol. The molecule has 122 valence electrons. The van der Waals surface area contributed by atoms with E-state index in [0.717, 1.165) is 5.56 Å². The number of carboxylic acid groups (broad SMARTS) is 1. The van der Waals surface area contributed by atoms with Gasteiger partial charge in [0.15, 0.2) is 0 Å². The van der Waals surface area contributed by atoms with Crippen LogP contribution < -0.4 is 10.1 Å². The Morgan fingerprint density at radius 1 is 1.30 bits per heavy atom. The number of hydrogen-bond donors (Lipinski definition) is 2. The second kappa shape index (κ2) is 6.79. The van der Waals surface area contributed by atoms with Crippen LogP contribution in [0, 0.1) is 0 Å². The molecule has 0 spiro atoms. The van der Waals surface area contributed by atoms with E-state index in [1.807, 2.05) is 24.3 Å². The summed E-state index contributed by atoms with van der Waals surface area (Å²) in [5.74, 6) is 0.322. The van der Waals surface area contributed by atoms with Crippen LogP contribution in [0.5, 0.6) is 11.5 Å². The van der Waals surface area contributed by atoms with E-state index >= 15 is 0 Å². The van der Waals surface area contributed by atoms with Crippen molar-refractivity contribution >= 4 is 30.0 Å². The maximum atomic E-state index is 12.2. The Kier molecular flexibility index (Phi) is 5.19. The lowest BCUT2D eigenvalue weighted by atomic mass is 9.75. The Hall–Kier alpha value is -1.75. The van der Waals surface area contributed by atoms with Crippen LogP contribution in [0.2, 0.25) is 5.02 Å². The summed E-state index contributed by atoms with van der Waals surface area (Å²) < 4.78 is 5.96. The molecular weight excluding hydrogens is 337 g/mol. The highest BCUT2D eigenvalue weighted by Gasteiger charge is 2.44. The number of halogens is 2. The fourth-order valence-electron chi connectivity index (χ4n) is 2.98.